The van der Waals surface area contributed by atoms with Crippen molar-refractivity contribution in [3.05, 3.63) is 35.9 Å². The van der Waals surface area contributed by atoms with Crippen LogP contribution in [-0.4, -0.2) is 41.5 Å². The number of hydrogen-bond donors (Lipinski definition) is 0. The van der Waals surface area contributed by atoms with Crippen LogP contribution in [-0.2, 0) is 4.74 Å². The second-order valence-corrected chi connectivity index (χ2v) is 5.56. The third-order valence-electron chi connectivity index (χ3n) is 4.38. The van der Waals surface area contributed by atoms with Crippen molar-refractivity contribution in [3.8, 4) is 23.0 Å². The van der Waals surface area contributed by atoms with E-state index in [0.29, 0.717) is 33.9 Å². The van der Waals surface area contributed by atoms with E-state index in [1.165, 1.54) is 7.11 Å². The zero-order valence-corrected chi connectivity index (χ0v) is 15.3. The largest absolute Gasteiger partial charge is 0.493 e. The Bertz CT molecular complexity index is 993. The molecular formula is C20H20O6. The Balaban J connectivity index is 2.53. The van der Waals surface area contributed by atoms with Gasteiger partial charge in [-0.25, -0.2) is 4.79 Å². The van der Waals surface area contributed by atoms with Crippen LogP contribution in [0.25, 0.3) is 21.5 Å². The van der Waals surface area contributed by atoms with Gasteiger partial charge in [-0.3, -0.25) is 0 Å². The van der Waals surface area contributed by atoms with Gasteiger partial charge in [0.1, 0.15) is 0 Å². The first-order valence-electron chi connectivity index (χ1n) is 7.91. The number of benzene rings is 3. The van der Waals surface area contributed by atoms with Gasteiger partial charge < -0.3 is 23.7 Å². The van der Waals surface area contributed by atoms with Gasteiger partial charge in [0.15, 0.2) is 23.0 Å². The number of fused-ring (bicyclic) bond motifs is 3. The van der Waals surface area contributed by atoms with E-state index in [1.54, 1.807) is 40.6 Å². The average molecular weight is 356 g/mol. The number of carbonyl (C=O) groups excluding carboxylic acids is 1. The van der Waals surface area contributed by atoms with Gasteiger partial charge in [0.05, 0.1) is 41.1 Å². The first-order chi connectivity index (χ1) is 12.6. The predicted octanol–water partition coefficient (Wildman–Crippen LogP) is 3.81. The van der Waals surface area contributed by atoms with E-state index in [0.717, 1.165) is 16.2 Å². The second-order valence-electron chi connectivity index (χ2n) is 5.56. The molecule has 0 atom stereocenters. The van der Waals surface area contributed by atoms with Gasteiger partial charge in [0.2, 0.25) is 0 Å². The van der Waals surface area contributed by atoms with E-state index in [1.807, 2.05) is 18.2 Å². The third kappa shape index (κ3) is 2.63. The lowest BCUT2D eigenvalue weighted by atomic mass is 9.95. The molecule has 0 bridgehead atoms. The molecule has 0 aliphatic heterocycles. The van der Waals surface area contributed by atoms with Crippen molar-refractivity contribution in [2.24, 2.45) is 0 Å². The van der Waals surface area contributed by atoms with Crippen molar-refractivity contribution >= 4 is 27.5 Å². The van der Waals surface area contributed by atoms with Gasteiger partial charge >= 0.3 is 5.97 Å². The van der Waals surface area contributed by atoms with Crippen molar-refractivity contribution in [2.75, 3.05) is 35.5 Å². The minimum absolute atomic E-state index is 0.405. The number of carbonyl (C=O) groups is 1. The summed E-state index contributed by atoms with van der Waals surface area (Å²) in [5, 5.41) is 3.16. The van der Waals surface area contributed by atoms with Crippen molar-refractivity contribution in [3.63, 3.8) is 0 Å². The Hall–Kier alpha value is -3.15. The lowest BCUT2D eigenvalue weighted by Crippen LogP contribution is -2.04. The monoisotopic (exact) mass is 356 g/mol. The van der Waals surface area contributed by atoms with E-state index < -0.39 is 5.97 Å². The van der Waals surface area contributed by atoms with Crippen molar-refractivity contribution in [2.45, 2.75) is 0 Å². The van der Waals surface area contributed by atoms with Crippen LogP contribution >= 0.6 is 0 Å². The number of methoxy groups -OCH3 is 5. The van der Waals surface area contributed by atoms with Crippen LogP contribution in [0.1, 0.15) is 10.4 Å². The maximum absolute atomic E-state index is 12.4. The molecule has 0 N–H and O–H groups in total. The van der Waals surface area contributed by atoms with Gasteiger partial charge in [-0.05, 0) is 41.1 Å². The minimum Gasteiger partial charge on any atom is -0.493 e. The fourth-order valence-electron chi connectivity index (χ4n) is 3.15. The van der Waals surface area contributed by atoms with Gasteiger partial charge in [-0.15, -0.1) is 0 Å². The molecule has 26 heavy (non-hydrogen) atoms. The summed E-state index contributed by atoms with van der Waals surface area (Å²) >= 11 is 0. The van der Waals surface area contributed by atoms with Crippen LogP contribution in [0.2, 0.25) is 0 Å². The highest BCUT2D eigenvalue weighted by Crippen LogP contribution is 2.43. The molecule has 0 aromatic heterocycles. The molecule has 0 heterocycles. The molecule has 0 unspecified atom stereocenters. The summed E-state index contributed by atoms with van der Waals surface area (Å²) in [6.07, 6.45) is 0. The molecule has 3 rings (SSSR count). The average Bonchev–Trinajstić information content (AvgIpc) is 2.70. The standard InChI is InChI=1S/C20H20O6/c1-22-16-7-6-11-12-9-17(23-2)18(24-3)10-13(12)15(20(21)26-5)8-14(11)19(16)25-4/h6-10H,1-5H3. The lowest BCUT2D eigenvalue weighted by Gasteiger charge is -2.16. The van der Waals surface area contributed by atoms with Crippen LogP contribution in [0.3, 0.4) is 0 Å². The van der Waals surface area contributed by atoms with Gasteiger partial charge in [0, 0.05) is 10.8 Å². The van der Waals surface area contributed by atoms with Gasteiger partial charge in [-0.2, -0.15) is 0 Å². The second kappa shape index (κ2) is 7.00. The summed E-state index contributed by atoms with van der Waals surface area (Å²) in [6, 6.07) is 9.11. The Morgan fingerprint density at radius 3 is 1.81 bits per heavy atom. The molecule has 6 nitrogen and oxygen atoms in total. The van der Waals surface area contributed by atoms with Crippen molar-refractivity contribution in [1.82, 2.24) is 0 Å². The Morgan fingerprint density at radius 2 is 1.27 bits per heavy atom. The predicted molar refractivity (Wildman–Crippen MR) is 99.0 cm³/mol. The number of rotatable bonds is 5. The molecule has 0 saturated carbocycles. The molecule has 136 valence electrons. The highest BCUT2D eigenvalue weighted by Gasteiger charge is 2.20. The van der Waals surface area contributed by atoms with Crippen molar-refractivity contribution in [1.29, 1.82) is 0 Å². The number of hydrogen-bond acceptors (Lipinski definition) is 6. The maximum atomic E-state index is 12.4. The molecule has 0 aliphatic carbocycles. The molecular weight excluding hydrogens is 336 g/mol. The SMILES string of the molecule is COC(=O)c1cc2c(OC)c(OC)ccc2c2cc(OC)c(OC)cc12. The van der Waals surface area contributed by atoms with Gasteiger partial charge in [-0.1, -0.05) is 0 Å². The number of esters is 1. The van der Waals surface area contributed by atoms with E-state index in [9.17, 15) is 4.79 Å². The Kier molecular flexibility index (Phi) is 4.75. The van der Waals surface area contributed by atoms with Crippen LogP contribution in [0.15, 0.2) is 30.3 Å². The quantitative estimate of drug-likeness (QED) is 0.512. The summed E-state index contributed by atoms with van der Waals surface area (Å²) in [6.45, 7) is 0. The highest BCUT2D eigenvalue weighted by atomic mass is 16.5. The van der Waals surface area contributed by atoms with Crippen molar-refractivity contribution < 1.29 is 28.5 Å². The van der Waals surface area contributed by atoms with E-state index in [2.05, 4.69) is 0 Å². The fraction of sp³-hybridized carbons (Fsp3) is 0.250. The van der Waals surface area contributed by atoms with Crippen LogP contribution in [0.5, 0.6) is 23.0 Å². The summed E-state index contributed by atoms with van der Waals surface area (Å²) in [5.74, 6) is 1.78. The highest BCUT2D eigenvalue weighted by molar-refractivity contribution is 6.18. The molecule has 0 radical (unpaired) electrons. The maximum Gasteiger partial charge on any atom is 0.338 e. The van der Waals surface area contributed by atoms with Crippen LogP contribution in [0, 0.1) is 0 Å². The van der Waals surface area contributed by atoms with Crippen LogP contribution < -0.4 is 18.9 Å². The van der Waals surface area contributed by atoms with Gasteiger partial charge in [0.25, 0.3) is 0 Å². The first-order valence-corrected chi connectivity index (χ1v) is 7.91. The summed E-state index contributed by atoms with van der Waals surface area (Å²) in [4.78, 5) is 12.4. The third-order valence-corrected chi connectivity index (χ3v) is 4.38. The van der Waals surface area contributed by atoms with E-state index in [-0.39, 0.29) is 0 Å². The first kappa shape index (κ1) is 17.7. The zero-order valence-electron chi connectivity index (χ0n) is 15.3. The van der Waals surface area contributed by atoms with E-state index in [4.69, 9.17) is 23.7 Å². The molecule has 0 spiro atoms. The molecule has 0 fully saturated rings. The lowest BCUT2D eigenvalue weighted by molar-refractivity contribution is 0.0603. The normalized spacial score (nSPS) is 10.7. The van der Waals surface area contributed by atoms with E-state index >= 15 is 0 Å². The molecule has 3 aromatic carbocycles. The molecule has 0 aliphatic rings. The molecule has 0 saturated heterocycles. The summed E-state index contributed by atoms with van der Waals surface area (Å²) in [7, 11) is 7.60. The summed E-state index contributed by atoms with van der Waals surface area (Å²) in [5.41, 5.74) is 0.405. The fourth-order valence-corrected chi connectivity index (χ4v) is 3.15. The molecule has 0 amide bonds. The molecule has 6 heteroatoms. The molecule has 3 aromatic rings. The number of ether oxygens (including phenoxy) is 5. The smallest absolute Gasteiger partial charge is 0.338 e. The zero-order chi connectivity index (χ0) is 18.8. The minimum atomic E-state index is -0.450. The van der Waals surface area contributed by atoms with Crippen LogP contribution in [0.4, 0.5) is 0 Å². The Labute approximate surface area is 151 Å². The summed E-state index contributed by atoms with van der Waals surface area (Å²) < 4.78 is 26.7. The topological polar surface area (TPSA) is 63.2 Å². The Morgan fingerprint density at radius 1 is 0.654 bits per heavy atom.